The van der Waals surface area contributed by atoms with Crippen LogP contribution >= 0.6 is 11.3 Å². The molecular formula is C16H24N2OS. The Hall–Kier alpha value is -0.870. The van der Waals surface area contributed by atoms with Gasteiger partial charge < -0.3 is 5.11 Å². The van der Waals surface area contributed by atoms with E-state index in [4.69, 9.17) is 0 Å². The zero-order chi connectivity index (χ0) is 14.2. The summed E-state index contributed by atoms with van der Waals surface area (Å²) in [6.45, 7) is 4.53. The molecule has 0 amide bonds. The molecule has 1 unspecified atom stereocenters. The van der Waals surface area contributed by atoms with E-state index >= 15 is 0 Å². The second-order valence-electron chi connectivity index (χ2n) is 6.71. The van der Waals surface area contributed by atoms with Crippen molar-refractivity contribution < 1.29 is 5.11 Å². The van der Waals surface area contributed by atoms with Gasteiger partial charge in [-0.25, -0.2) is 4.98 Å². The third kappa shape index (κ3) is 2.63. The van der Waals surface area contributed by atoms with Crippen LogP contribution in [0.5, 0.6) is 0 Å². The van der Waals surface area contributed by atoms with E-state index in [9.17, 15) is 5.11 Å². The second kappa shape index (κ2) is 5.49. The number of fused-ring (bicyclic) bond motifs is 1. The molecule has 1 saturated carbocycles. The summed E-state index contributed by atoms with van der Waals surface area (Å²) in [4.78, 5) is 5.64. The van der Waals surface area contributed by atoms with E-state index in [1.165, 1.54) is 25.7 Å². The van der Waals surface area contributed by atoms with Gasteiger partial charge in [-0.3, -0.25) is 4.40 Å². The van der Waals surface area contributed by atoms with Crippen molar-refractivity contribution in [2.75, 3.05) is 0 Å². The Morgan fingerprint density at radius 3 is 2.80 bits per heavy atom. The molecule has 0 radical (unpaired) electrons. The van der Waals surface area contributed by atoms with Gasteiger partial charge in [0, 0.05) is 24.2 Å². The first-order valence-corrected chi connectivity index (χ1v) is 8.56. The molecule has 4 heteroatoms. The van der Waals surface area contributed by atoms with Crippen LogP contribution in [0.1, 0.15) is 51.6 Å². The van der Waals surface area contributed by atoms with Crippen LogP contribution < -0.4 is 0 Å². The van der Waals surface area contributed by atoms with Crippen LogP contribution in [0.25, 0.3) is 4.96 Å². The molecule has 1 atom stereocenters. The monoisotopic (exact) mass is 292 g/mol. The fourth-order valence-electron chi connectivity index (χ4n) is 3.85. The van der Waals surface area contributed by atoms with Crippen molar-refractivity contribution >= 4 is 16.3 Å². The summed E-state index contributed by atoms with van der Waals surface area (Å²) in [5, 5.41) is 12.9. The predicted molar refractivity (Wildman–Crippen MR) is 83.1 cm³/mol. The SMILES string of the molecule is CC(C)CC1(C(O)Cc2cn3ccsc3n2)CCCC1. The molecular weight excluding hydrogens is 268 g/mol. The number of imidazole rings is 1. The zero-order valence-electron chi connectivity index (χ0n) is 12.4. The molecule has 2 heterocycles. The standard InChI is InChI=1S/C16H24N2OS/c1-12(2)10-16(5-3-4-6-16)14(19)9-13-11-18-7-8-20-15(18)17-13/h7-8,11-12,14,19H,3-6,9-10H2,1-2H3. The van der Waals surface area contributed by atoms with Gasteiger partial charge in [0.05, 0.1) is 11.8 Å². The summed E-state index contributed by atoms with van der Waals surface area (Å²) in [6, 6.07) is 0. The number of rotatable bonds is 5. The lowest BCUT2D eigenvalue weighted by Crippen LogP contribution is -2.35. The maximum atomic E-state index is 10.8. The zero-order valence-corrected chi connectivity index (χ0v) is 13.2. The summed E-state index contributed by atoms with van der Waals surface area (Å²) in [7, 11) is 0. The topological polar surface area (TPSA) is 37.5 Å². The molecule has 1 aliphatic rings. The number of nitrogens with zero attached hydrogens (tertiary/aromatic N) is 2. The number of aliphatic hydroxyl groups is 1. The molecule has 0 saturated heterocycles. The normalized spacial score (nSPS) is 20.0. The highest BCUT2D eigenvalue weighted by molar-refractivity contribution is 7.15. The Labute approximate surface area is 124 Å². The van der Waals surface area contributed by atoms with Crippen LogP contribution in [0.4, 0.5) is 0 Å². The molecule has 0 bridgehead atoms. The smallest absolute Gasteiger partial charge is 0.193 e. The van der Waals surface area contributed by atoms with Gasteiger partial charge in [0.15, 0.2) is 4.96 Å². The fourth-order valence-corrected chi connectivity index (χ4v) is 4.57. The van der Waals surface area contributed by atoms with Gasteiger partial charge in [0.2, 0.25) is 0 Å². The Kier molecular flexibility index (Phi) is 3.87. The van der Waals surface area contributed by atoms with Crippen LogP contribution in [-0.2, 0) is 6.42 Å². The van der Waals surface area contributed by atoms with Crippen molar-refractivity contribution in [1.29, 1.82) is 0 Å². The van der Waals surface area contributed by atoms with Crippen molar-refractivity contribution in [2.45, 2.75) is 58.5 Å². The first-order valence-electron chi connectivity index (χ1n) is 7.68. The summed E-state index contributed by atoms with van der Waals surface area (Å²) in [5.74, 6) is 0.647. The van der Waals surface area contributed by atoms with Crippen LogP contribution in [0.3, 0.4) is 0 Å². The molecule has 0 aliphatic heterocycles. The molecule has 1 fully saturated rings. The van der Waals surface area contributed by atoms with Crippen molar-refractivity contribution in [3.8, 4) is 0 Å². The third-order valence-electron chi connectivity index (χ3n) is 4.67. The summed E-state index contributed by atoms with van der Waals surface area (Å²) >= 11 is 1.65. The Bertz CT molecular complexity index is 537. The summed E-state index contributed by atoms with van der Waals surface area (Å²) in [5.41, 5.74) is 1.16. The first-order chi connectivity index (χ1) is 9.59. The average molecular weight is 292 g/mol. The van der Waals surface area contributed by atoms with Gasteiger partial charge in [-0.05, 0) is 30.6 Å². The Balaban J connectivity index is 1.76. The number of hydrogen-bond donors (Lipinski definition) is 1. The number of hydrogen-bond acceptors (Lipinski definition) is 3. The molecule has 1 N–H and O–H groups in total. The van der Waals surface area contributed by atoms with Gasteiger partial charge >= 0.3 is 0 Å². The quantitative estimate of drug-likeness (QED) is 0.907. The predicted octanol–water partition coefficient (Wildman–Crippen LogP) is 3.91. The van der Waals surface area contributed by atoms with Crippen molar-refractivity contribution in [3.05, 3.63) is 23.5 Å². The number of aromatic nitrogens is 2. The molecule has 2 aromatic rings. The van der Waals surface area contributed by atoms with E-state index in [-0.39, 0.29) is 11.5 Å². The van der Waals surface area contributed by atoms with E-state index in [0.29, 0.717) is 12.3 Å². The van der Waals surface area contributed by atoms with E-state index < -0.39 is 0 Å². The first kappa shape index (κ1) is 14.1. The van der Waals surface area contributed by atoms with E-state index in [1.54, 1.807) is 11.3 Å². The van der Waals surface area contributed by atoms with E-state index in [1.807, 2.05) is 11.6 Å². The van der Waals surface area contributed by atoms with Gasteiger partial charge in [0.25, 0.3) is 0 Å². The average Bonchev–Trinajstić information content (AvgIpc) is 3.03. The van der Waals surface area contributed by atoms with E-state index in [2.05, 4.69) is 29.4 Å². The molecule has 0 spiro atoms. The maximum absolute atomic E-state index is 10.8. The fraction of sp³-hybridized carbons (Fsp3) is 0.688. The minimum absolute atomic E-state index is 0.130. The lowest BCUT2D eigenvalue weighted by atomic mass is 9.73. The third-order valence-corrected chi connectivity index (χ3v) is 5.44. The molecule has 0 aromatic carbocycles. The Morgan fingerprint density at radius 2 is 2.15 bits per heavy atom. The highest BCUT2D eigenvalue weighted by Crippen LogP contribution is 2.46. The molecule has 20 heavy (non-hydrogen) atoms. The Morgan fingerprint density at radius 1 is 1.40 bits per heavy atom. The van der Waals surface area contributed by atoms with Crippen LogP contribution in [0, 0.1) is 11.3 Å². The number of aliphatic hydroxyl groups excluding tert-OH is 1. The minimum Gasteiger partial charge on any atom is -0.392 e. The molecule has 1 aliphatic carbocycles. The van der Waals surface area contributed by atoms with Crippen LogP contribution in [-0.4, -0.2) is 20.6 Å². The maximum Gasteiger partial charge on any atom is 0.193 e. The molecule has 110 valence electrons. The van der Waals surface area contributed by atoms with Crippen LogP contribution in [0.15, 0.2) is 17.8 Å². The van der Waals surface area contributed by atoms with Gasteiger partial charge in [-0.1, -0.05) is 26.7 Å². The lowest BCUT2D eigenvalue weighted by molar-refractivity contribution is 0.0128. The van der Waals surface area contributed by atoms with Gasteiger partial charge in [0.1, 0.15) is 0 Å². The van der Waals surface area contributed by atoms with Crippen molar-refractivity contribution in [1.82, 2.24) is 9.38 Å². The van der Waals surface area contributed by atoms with Crippen molar-refractivity contribution in [3.63, 3.8) is 0 Å². The minimum atomic E-state index is -0.253. The molecule has 3 rings (SSSR count). The summed E-state index contributed by atoms with van der Waals surface area (Å²) in [6.07, 6.45) is 10.6. The highest BCUT2D eigenvalue weighted by atomic mass is 32.1. The van der Waals surface area contributed by atoms with Gasteiger partial charge in [-0.2, -0.15) is 0 Å². The van der Waals surface area contributed by atoms with E-state index in [0.717, 1.165) is 17.1 Å². The second-order valence-corrected chi connectivity index (χ2v) is 7.59. The van der Waals surface area contributed by atoms with Crippen molar-refractivity contribution in [2.24, 2.45) is 11.3 Å². The molecule has 2 aromatic heterocycles. The largest absolute Gasteiger partial charge is 0.392 e. The summed E-state index contributed by atoms with van der Waals surface area (Å²) < 4.78 is 2.05. The number of thiazole rings is 1. The van der Waals surface area contributed by atoms with Crippen LogP contribution in [0.2, 0.25) is 0 Å². The highest BCUT2D eigenvalue weighted by Gasteiger charge is 2.40. The van der Waals surface area contributed by atoms with Gasteiger partial charge in [-0.15, -0.1) is 11.3 Å². The lowest BCUT2D eigenvalue weighted by Gasteiger charge is -2.35. The molecule has 3 nitrogen and oxygen atoms in total.